The van der Waals surface area contributed by atoms with Crippen LogP contribution in [0.25, 0.3) is 33.9 Å². The first-order valence-corrected chi connectivity index (χ1v) is 15.4. The van der Waals surface area contributed by atoms with Crippen LogP contribution in [0.3, 0.4) is 0 Å². The second kappa shape index (κ2) is 12.4. The van der Waals surface area contributed by atoms with Crippen LogP contribution in [0.5, 0.6) is 5.75 Å². The van der Waals surface area contributed by atoms with Crippen LogP contribution < -0.4 is 0 Å². The highest BCUT2D eigenvalue weighted by Crippen LogP contribution is 2.39. The van der Waals surface area contributed by atoms with Crippen LogP contribution in [-0.2, 0) is 19.9 Å². The Hall–Kier alpha value is -4.90. The fourth-order valence-electron chi connectivity index (χ4n) is 5.81. The van der Waals surface area contributed by atoms with Gasteiger partial charge in [0.15, 0.2) is 0 Å². The number of H-pyrrole nitrogens is 1. The lowest BCUT2D eigenvalue weighted by Gasteiger charge is -2.18. The SMILES string of the molecule is CC(C)c1cc(-c2cc(Cc3ccccc3Cc3cnc(-c4ccccc4)[nH]3)c(O)c(-c3nccn3C)c2)cc(C(C)C)c1. The van der Waals surface area contributed by atoms with E-state index >= 15 is 0 Å². The lowest BCUT2D eigenvalue weighted by atomic mass is 9.88. The van der Waals surface area contributed by atoms with Crippen molar-refractivity contribution in [2.24, 2.45) is 7.05 Å². The zero-order valence-corrected chi connectivity index (χ0v) is 26.2. The minimum absolute atomic E-state index is 0.273. The molecule has 0 aliphatic rings. The number of hydrogen-bond acceptors (Lipinski definition) is 3. The Balaban J connectivity index is 1.41. The Morgan fingerprint density at radius 1 is 0.705 bits per heavy atom. The molecule has 0 radical (unpaired) electrons. The maximum atomic E-state index is 11.7. The van der Waals surface area contributed by atoms with Gasteiger partial charge in [0, 0.05) is 49.7 Å². The minimum atomic E-state index is 0.273. The van der Waals surface area contributed by atoms with Gasteiger partial charge in [0.05, 0.1) is 5.56 Å². The van der Waals surface area contributed by atoms with Gasteiger partial charge in [-0.05, 0) is 62.9 Å². The number of rotatable bonds is 9. The zero-order chi connectivity index (χ0) is 30.8. The average Bonchev–Trinajstić information content (AvgIpc) is 3.68. The second-order valence-corrected chi connectivity index (χ2v) is 12.3. The molecule has 5 heteroatoms. The van der Waals surface area contributed by atoms with Crippen molar-refractivity contribution in [3.8, 4) is 39.7 Å². The predicted octanol–water partition coefficient (Wildman–Crippen LogP) is 9.28. The number of aromatic amines is 1. The molecule has 0 bridgehead atoms. The van der Waals surface area contributed by atoms with Crippen molar-refractivity contribution >= 4 is 0 Å². The topological polar surface area (TPSA) is 66.7 Å². The van der Waals surface area contributed by atoms with Gasteiger partial charge in [-0.15, -0.1) is 0 Å². The van der Waals surface area contributed by atoms with Crippen molar-refractivity contribution in [1.82, 2.24) is 19.5 Å². The summed E-state index contributed by atoms with van der Waals surface area (Å²) in [6.45, 7) is 8.96. The van der Waals surface area contributed by atoms with Gasteiger partial charge in [-0.25, -0.2) is 9.97 Å². The van der Waals surface area contributed by atoms with Crippen LogP contribution in [0, 0.1) is 0 Å². The van der Waals surface area contributed by atoms with Crippen LogP contribution in [0.1, 0.15) is 73.0 Å². The number of nitrogens with one attached hydrogen (secondary N) is 1. The van der Waals surface area contributed by atoms with Crippen LogP contribution in [-0.4, -0.2) is 24.6 Å². The monoisotopic (exact) mass is 580 g/mol. The van der Waals surface area contributed by atoms with E-state index in [1.165, 1.54) is 22.3 Å². The summed E-state index contributed by atoms with van der Waals surface area (Å²) in [5.74, 6) is 2.71. The maximum absolute atomic E-state index is 11.7. The molecule has 0 saturated heterocycles. The number of aromatic hydroxyl groups is 1. The number of phenols is 1. The number of imidazole rings is 2. The van der Waals surface area contributed by atoms with Gasteiger partial charge in [-0.3, -0.25) is 0 Å². The van der Waals surface area contributed by atoms with E-state index in [2.05, 4.69) is 109 Å². The van der Waals surface area contributed by atoms with Crippen molar-refractivity contribution in [3.63, 3.8) is 0 Å². The summed E-state index contributed by atoms with van der Waals surface area (Å²) < 4.78 is 1.96. The molecule has 0 fully saturated rings. The summed E-state index contributed by atoms with van der Waals surface area (Å²) in [5.41, 5.74) is 11.0. The molecule has 5 nitrogen and oxygen atoms in total. The van der Waals surface area contributed by atoms with E-state index in [4.69, 9.17) is 0 Å². The van der Waals surface area contributed by atoms with Crippen molar-refractivity contribution < 1.29 is 5.11 Å². The van der Waals surface area contributed by atoms with Gasteiger partial charge >= 0.3 is 0 Å². The van der Waals surface area contributed by atoms with Gasteiger partial charge in [-0.2, -0.15) is 0 Å². The van der Waals surface area contributed by atoms with E-state index in [0.717, 1.165) is 51.6 Å². The molecule has 2 heterocycles. The molecule has 2 aromatic heterocycles. The van der Waals surface area contributed by atoms with Crippen molar-refractivity contribution in [1.29, 1.82) is 0 Å². The summed E-state index contributed by atoms with van der Waals surface area (Å²) in [6.07, 6.45) is 6.93. The van der Waals surface area contributed by atoms with Gasteiger partial charge in [0.1, 0.15) is 17.4 Å². The zero-order valence-electron chi connectivity index (χ0n) is 26.2. The number of phenolic OH excluding ortho intramolecular Hbond substituents is 1. The minimum Gasteiger partial charge on any atom is -0.507 e. The predicted molar refractivity (Wildman–Crippen MR) is 180 cm³/mol. The molecule has 2 N–H and O–H groups in total. The number of aromatic nitrogens is 4. The third-order valence-corrected chi connectivity index (χ3v) is 8.45. The molecule has 0 atom stereocenters. The Labute approximate surface area is 260 Å². The Morgan fingerprint density at radius 3 is 1.98 bits per heavy atom. The van der Waals surface area contributed by atoms with Crippen LogP contribution in [0.2, 0.25) is 0 Å². The van der Waals surface area contributed by atoms with E-state index in [-0.39, 0.29) is 5.75 Å². The summed E-state index contributed by atoms with van der Waals surface area (Å²) in [7, 11) is 1.97. The Kier molecular flexibility index (Phi) is 8.21. The third kappa shape index (κ3) is 6.09. The van der Waals surface area contributed by atoms with Crippen LogP contribution >= 0.6 is 0 Å². The number of hydrogen-bond donors (Lipinski definition) is 2. The molecular weight excluding hydrogens is 540 g/mol. The molecule has 0 amide bonds. The largest absolute Gasteiger partial charge is 0.507 e. The number of benzene rings is 4. The lowest BCUT2D eigenvalue weighted by molar-refractivity contribution is 0.471. The quantitative estimate of drug-likeness (QED) is 0.179. The van der Waals surface area contributed by atoms with Gasteiger partial charge in [0.25, 0.3) is 0 Å². The van der Waals surface area contributed by atoms with Crippen LogP contribution in [0.15, 0.2) is 104 Å². The first-order chi connectivity index (χ1) is 21.3. The highest BCUT2D eigenvalue weighted by molar-refractivity contribution is 5.77. The second-order valence-electron chi connectivity index (χ2n) is 12.3. The summed E-state index contributed by atoms with van der Waals surface area (Å²) >= 11 is 0. The summed E-state index contributed by atoms with van der Waals surface area (Å²) in [5, 5.41) is 11.7. The normalized spacial score (nSPS) is 11.5. The van der Waals surface area contributed by atoms with Gasteiger partial charge in [-0.1, -0.05) is 100 Å². The fraction of sp³-hybridized carbons (Fsp3) is 0.231. The summed E-state index contributed by atoms with van der Waals surface area (Å²) in [6, 6.07) is 29.8. The van der Waals surface area contributed by atoms with Crippen molar-refractivity contribution in [2.45, 2.75) is 52.4 Å². The smallest absolute Gasteiger partial charge is 0.143 e. The van der Waals surface area contributed by atoms with Crippen molar-refractivity contribution in [2.75, 3.05) is 0 Å². The van der Waals surface area contributed by atoms with E-state index in [9.17, 15) is 5.11 Å². The number of nitrogens with zero attached hydrogens (tertiary/aromatic N) is 3. The lowest BCUT2D eigenvalue weighted by Crippen LogP contribution is -2.01. The molecule has 0 spiro atoms. The molecule has 0 aliphatic heterocycles. The van der Waals surface area contributed by atoms with E-state index in [1.54, 1.807) is 6.20 Å². The highest BCUT2D eigenvalue weighted by atomic mass is 16.3. The first kappa shape index (κ1) is 29.2. The molecule has 222 valence electrons. The van der Waals surface area contributed by atoms with E-state index < -0.39 is 0 Å². The molecule has 6 rings (SSSR count). The van der Waals surface area contributed by atoms with Crippen molar-refractivity contribution in [3.05, 3.63) is 137 Å². The molecule has 4 aromatic carbocycles. The highest BCUT2D eigenvalue weighted by Gasteiger charge is 2.19. The standard InChI is InChI=1S/C39H40N4O/c1-25(2)30-18-31(26(3)4)20-32(19-30)33-21-34(37(44)36(23-33)39-40-15-16-43(39)5)17-28-13-9-10-14-29(28)22-35-24-41-38(42-35)27-11-7-6-8-12-27/h6-16,18-21,23-26,44H,17,22H2,1-5H3,(H,41,42). The third-order valence-electron chi connectivity index (χ3n) is 8.45. The Morgan fingerprint density at radius 2 is 1.34 bits per heavy atom. The molecule has 0 saturated carbocycles. The molecule has 0 aliphatic carbocycles. The van der Waals surface area contributed by atoms with E-state index in [1.807, 2.05) is 42.2 Å². The van der Waals surface area contributed by atoms with Gasteiger partial charge < -0.3 is 14.7 Å². The molecule has 0 unspecified atom stereocenters. The first-order valence-electron chi connectivity index (χ1n) is 15.4. The average molecular weight is 581 g/mol. The maximum Gasteiger partial charge on any atom is 0.143 e. The molecule has 44 heavy (non-hydrogen) atoms. The molecule has 6 aromatic rings. The van der Waals surface area contributed by atoms with Crippen LogP contribution in [0.4, 0.5) is 0 Å². The Bertz CT molecular complexity index is 1870. The summed E-state index contributed by atoms with van der Waals surface area (Å²) in [4.78, 5) is 12.8. The van der Waals surface area contributed by atoms with E-state index in [0.29, 0.717) is 18.3 Å². The molecular formula is C39H40N4O. The number of aryl methyl sites for hydroxylation is 1. The van der Waals surface area contributed by atoms with Gasteiger partial charge in [0.2, 0.25) is 0 Å². The fourth-order valence-corrected chi connectivity index (χ4v) is 5.81.